The van der Waals surface area contributed by atoms with Crippen LogP contribution in [0, 0.1) is 0 Å². The number of thiophene rings is 1. The molecule has 0 saturated carbocycles. The molecule has 0 unspecified atom stereocenters. The van der Waals surface area contributed by atoms with Gasteiger partial charge in [0.25, 0.3) is 0 Å². The number of esters is 1. The second kappa shape index (κ2) is 6.89. The fourth-order valence-corrected chi connectivity index (χ4v) is 5.16. The lowest BCUT2D eigenvalue weighted by atomic mass is 10.0. The molecule has 1 aromatic heterocycles. The normalized spacial score (nSPS) is 12.9. The van der Waals surface area contributed by atoms with Gasteiger partial charge in [0.05, 0.1) is 18.7 Å². The Balaban J connectivity index is 1.92. The van der Waals surface area contributed by atoms with Crippen molar-refractivity contribution in [3.05, 3.63) is 50.1 Å². The van der Waals surface area contributed by atoms with E-state index < -0.39 is 5.97 Å². The number of carbonyl (C=O) groups excluding carboxylic acids is 1. The highest BCUT2D eigenvalue weighted by atomic mass is 79.9. The lowest BCUT2D eigenvalue weighted by Gasteiger charge is -2.12. The summed E-state index contributed by atoms with van der Waals surface area (Å²) in [6.07, 6.45) is 6.82. The Morgan fingerprint density at radius 3 is 2.65 bits per heavy atom. The van der Waals surface area contributed by atoms with E-state index in [1.165, 1.54) is 21.7 Å². The number of benzene rings is 2. The summed E-state index contributed by atoms with van der Waals surface area (Å²) in [5.74, 6) is 0.0820. The lowest BCUT2D eigenvalue weighted by molar-refractivity contribution is 0.0597. The summed E-state index contributed by atoms with van der Waals surface area (Å²) >= 11 is 5.39. The standard InChI is InChI=1S/C21H17BrO3S/c1-24-20-16(21(23)25-2)10-14-9-13(7-8-15(14)19(20)22)18-11-12-5-3-4-6-17(12)26-18/h5-11H,3-4H2,1-2H3. The molecule has 0 aliphatic heterocycles. The van der Waals surface area contributed by atoms with Gasteiger partial charge in [-0.05, 0) is 68.5 Å². The zero-order valence-corrected chi connectivity index (χ0v) is 16.9. The zero-order chi connectivity index (χ0) is 18.3. The molecule has 4 rings (SSSR count). The molecule has 0 N–H and O–H groups in total. The van der Waals surface area contributed by atoms with Gasteiger partial charge in [-0.2, -0.15) is 0 Å². The van der Waals surface area contributed by atoms with Gasteiger partial charge in [-0.1, -0.05) is 24.3 Å². The van der Waals surface area contributed by atoms with Gasteiger partial charge in [-0.3, -0.25) is 0 Å². The Hall–Kier alpha value is -2.11. The van der Waals surface area contributed by atoms with Crippen LogP contribution in [0.15, 0.2) is 34.8 Å². The highest BCUT2D eigenvalue weighted by Crippen LogP contribution is 2.38. The van der Waals surface area contributed by atoms with Crippen LogP contribution < -0.4 is 14.5 Å². The molecule has 1 aliphatic rings. The van der Waals surface area contributed by atoms with Crippen molar-refractivity contribution >= 4 is 56.2 Å². The summed E-state index contributed by atoms with van der Waals surface area (Å²) in [7, 11) is 2.93. The molecule has 0 fully saturated rings. The van der Waals surface area contributed by atoms with Gasteiger partial charge >= 0.3 is 5.97 Å². The fourth-order valence-electron chi connectivity index (χ4n) is 3.29. The first-order chi connectivity index (χ1) is 12.6. The zero-order valence-electron chi connectivity index (χ0n) is 14.5. The van der Waals surface area contributed by atoms with Crippen LogP contribution in [-0.2, 0) is 4.74 Å². The molecule has 1 heterocycles. The van der Waals surface area contributed by atoms with Gasteiger partial charge in [-0.15, -0.1) is 11.3 Å². The largest absolute Gasteiger partial charge is 0.495 e. The highest BCUT2D eigenvalue weighted by molar-refractivity contribution is 9.10. The first-order valence-electron chi connectivity index (χ1n) is 8.31. The van der Waals surface area contributed by atoms with E-state index in [2.05, 4.69) is 52.3 Å². The molecule has 0 spiro atoms. The maximum absolute atomic E-state index is 12.1. The second-order valence-electron chi connectivity index (χ2n) is 6.11. The van der Waals surface area contributed by atoms with E-state index in [1.807, 2.05) is 17.4 Å². The van der Waals surface area contributed by atoms with Crippen LogP contribution in [0.4, 0.5) is 0 Å². The maximum Gasteiger partial charge on any atom is 0.341 e. The van der Waals surface area contributed by atoms with Crippen molar-refractivity contribution in [1.29, 1.82) is 0 Å². The number of hydrogen-bond acceptors (Lipinski definition) is 4. The van der Waals surface area contributed by atoms with Crippen LogP contribution in [0.25, 0.3) is 33.4 Å². The van der Waals surface area contributed by atoms with Gasteiger partial charge < -0.3 is 9.47 Å². The molecule has 0 radical (unpaired) electrons. The van der Waals surface area contributed by atoms with Gasteiger partial charge in [0.2, 0.25) is 0 Å². The molecule has 0 saturated heterocycles. The third-order valence-electron chi connectivity index (χ3n) is 4.58. The van der Waals surface area contributed by atoms with E-state index in [-0.39, 0.29) is 0 Å². The molecule has 26 heavy (non-hydrogen) atoms. The van der Waals surface area contributed by atoms with E-state index >= 15 is 0 Å². The minimum Gasteiger partial charge on any atom is -0.495 e. The number of ether oxygens (including phenoxy) is 2. The van der Waals surface area contributed by atoms with Crippen molar-refractivity contribution < 1.29 is 14.3 Å². The van der Waals surface area contributed by atoms with Gasteiger partial charge in [0.15, 0.2) is 0 Å². The number of rotatable bonds is 3. The number of fused-ring (bicyclic) bond motifs is 2. The third kappa shape index (κ3) is 2.85. The van der Waals surface area contributed by atoms with Crippen LogP contribution >= 0.6 is 27.3 Å². The van der Waals surface area contributed by atoms with Crippen molar-refractivity contribution in [2.75, 3.05) is 14.2 Å². The van der Waals surface area contributed by atoms with E-state index in [0.29, 0.717) is 11.3 Å². The molecular weight excluding hydrogens is 412 g/mol. The van der Waals surface area contributed by atoms with Crippen molar-refractivity contribution in [1.82, 2.24) is 0 Å². The average molecular weight is 429 g/mol. The summed E-state index contributed by atoms with van der Waals surface area (Å²) in [5, 5.41) is 3.29. The number of hydrogen-bond donors (Lipinski definition) is 0. The van der Waals surface area contributed by atoms with Crippen molar-refractivity contribution in [2.45, 2.75) is 12.8 Å². The highest BCUT2D eigenvalue weighted by Gasteiger charge is 2.19. The van der Waals surface area contributed by atoms with Gasteiger partial charge in [0, 0.05) is 9.41 Å². The van der Waals surface area contributed by atoms with E-state index in [9.17, 15) is 4.79 Å². The fraction of sp³-hybridized carbons (Fsp3) is 0.190. The minimum atomic E-state index is -0.411. The molecule has 2 aromatic carbocycles. The monoisotopic (exact) mass is 428 g/mol. The van der Waals surface area contributed by atoms with Gasteiger partial charge in [-0.25, -0.2) is 4.79 Å². The van der Waals surface area contributed by atoms with Crippen LogP contribution in [0.3, 0.4) is 0 Å². The molecule has 0 amide bonds. The van der Waals surface area contributed by atoms with Crippen molar-refractivity contribution in [2.24, 2.45) is 0 Å². The Morgan fingerprint density at radius 1 is 1.12 bits per heavy atom. The van der Waals surface area contributed by atoms with Crippen LogP contribution in [0.1, 0.15) is 23.2 Å². The van der Waals surface area contributed by atoms with Crippen molar-refractivity contribution in [3.8, 4) is 16.2 Å². The topological polar surface area (TPSA) is 35.5 Å². The number of methoxy groups -OCH3 is 2. The summed E-state index contributed by atoms with van der Waals surface area (Å²) in [6.45, 7) is 0. The lowest BCUT2D eigenvalue weighted by Crippen LogP contribution is -2.19. The Labute approximate surface area is 163 Å². The molecule has 132 valence electrons. The molecule has 1 aliphatic carbocycles. The molecule has 3 nitrogen and oxygen atoms in total. The predicted octanol–water partition coefficient (Wildman–Crippen LogP) is 4.48. The minimum absolute atomic E-state index is 0.411. The molecule has 0 atom stereocenters. The number of halogens is 1. The molecule has 0 bridgehead atoms. The van der Waals surface area contributed by atoms with E-state index in [0.717, 1.165) is 33.7 Å². The quantitative estimate of drug-likeness (QED) is 0.576. The van der Waals surface area contributed by atoms with E-state index in [1.54, 1.807) is 7.11 Å². The predicted molar refractivity (Wildman–Crippen MR) is 110 cm³/mol. The van der Waals surface area contributed by atoms with E-state index in [4.69, 9.17) is 9.47 Å². The second-order valence-corrected chi connectivity index (χ2v) is 7.99. The van der Waals surface area contributed by atoms with Gasteiger partial charge in [0.1, 0.15) is 11.3 Å². The molecule has 3 aromatic rings. The first-order valence-corrected chi connectivity index (χ1v) is 9.92. The average Bonchev–Trinajstić information content (AvgIpc) is 3.11. The molecule has 5 heteroatoms. The van der Waals surface area contributed by atoms with Crippen LogP contribution in [0.5, 0.6) is 5.75 Å². The Kier molecular flexibility index (Phi) is 4.59. The summed E-state index contributed by atoms with van der Waals surface area (Å²) < 4.78 is 12.4. The summed E-state index contributed by atoms with van der Waals surface area (Å²) in [4.78, 5) is 13.4. The van der Waals surface area contributed by atoms with Crippen LogP contribution in [-0.4, -0.2) is 20.2 Å². The Morgan fingerprint density at radius 2 is 1.92 bits per heavy atom. The summed E-state index contributed by atoms with van der Waals surface area (Å²) in [5.41, 5.74) is 1.56. The maximum atomic E-state index is 12.1. The van der Waals surface area contributed by atoms with Crippen molar-refractivity contribution in [3.63, 3.8) is 0 Å². The summed E-state index contributed by atoms with van der Waals surface area (Å²) in [6, 6.07) is 10.4. The van der Waals surface area contributed by atoms with Crippen LogP contribution in [0.2, 0.25) is 0 Å². The third-order valence-corrected chi connectivity index (χ3v) is 6.56. The molecular formula is C21H17BrO3S. The first kappa shape index (κ1) is 17.3. The SMILES string of the molecule is COC(=O)c1cc2cc(-c3cc4c(s3)=CCCC=4)ccc2c(Br)c1OC. The number of carbonyl (C=O) groups is 1. The Bertz CT molecular complexity index is 1110. The smallest absolute Gasteiger partial charge is 0.341 e.